The predicted octanol–water partition coefficient (Wildman–Crippen LogP) is 3.84. The van der Waals surface area contributed by atoms with Gasteiger partial charge < -0.3 is 20.5 Å². The number of nitrogens with one attached hydrogen (secondary N) is 3. The molecule has 2 saturated heterocycles. The smallest absolute Gasteiger partial charge is 0.245 e. The number of carbonyl (C=O) groups excluding carboxylic acids is 2. The van der Waals surface area contributed by atoms with Crippen molar-refractivity contribution < 1.29 is 9.59 Å². The van der Waals surface area contributed by atoms with Gasteiger partial charge in [0.2, 0.25) is 11.8 Å². The van der Waals surface area contributed by atoms with Gasteiger partial charge in [0.15, 0.2) is 0 Å². The maximum Gasteiger partial charge on any atom is 0.245 e. The van der Waals surface area contributed by atoms with Crippen LogP contribution in [-0.4, -0.2) is 53.4 Å². The van der Waals surface area contributed by atoms with Crippen LogP contribution < -0.4 is 10.6 Å². The molecular weight excluding hydrogens is 448 g/mol. The van der Waals surface area contributed by atoms with Gasteiger partial charge in [0.05, 0.1) is 6.04 Å². The van der Waals surface area contributed by atoms with E-state index in [-0.39, 0.29) is 23.3 Å². The van der Waals surface area contributed by atoms with E-state index in [1.807, 2.05) is 29.3 Å². The monoisotopic (exact) mass is 484 g/mol. The number of likely N-dealkylation sites (tertiary alicyclic amines) is 1. The number of hydrogen-bond donors (Lipinski definition) is 3. The fraction of sp³-hybridized carbons (Fsp3) is 0.467. The van der Waals surface area contributed by atoms with Gasteiger partial charge in [-0.1, -0.05) is 48.9 Å². The van der Waals surface area contributed by atoms with Gasteiger partial charge in [0.25, 0.3) is 0 Å². The number of amides is 2. The highest BCUT2D eigenvalue weighted by atomic mass is 16.2. The molecule has 3 aromatic rings. The van der Waals surface area contributed by atoms with Crippen molar-refractivity contribution in [2.45, 2.75) is 68.9 Å². The highest BCUT2D eigenvalue weighted by molar-refractivity contribution is 5.91. The maximum atomic E-state index is 13.9. The average molecular weight is 485 g/mol. The van der Waals surface area contributed by atoms with Crippen molar-refractivity contribution in [1.29, 1.82) is 0 Å². The summed E-state index contributed by atoms with van der Waals surface area (Å²) in [6, 6.07) is 16.2. The number of rotatable bonds is 5. The lowest BCUT2D eigenvalue weighted by molar-refractivity contribution is -0.138. The molecule has 1 aliphatic carbocycles. The molecule has 2 amide bonds. The molecule has 2 atom stereocenters. The Balaban J connectivity index is 1.20. The molecule has 1 spiro atoms. The maximum absolute atomic E-state index is 13.9. The topological polar surface area (TPSA) is 77.2 Å². The lowest BCUT2D eigenvalue weighted by atomic mass is 9.74. The molecule has 2 aliphatic heterocycles. The number of hydrogen-bond acceptors (Lipinski definition) is 3. The van der Waals surface area contributed by atoms with Crippen LogP contribution >= 0.6 is 0 Å². The van der Waals surface area contributed by atoms with Gasteiger partial charge in [-0.3, -0.25) is 9.59 Å². The van der Waals surface area contributed by atoms with Crippen molar-refractivity contribution in [3.8, 4) is 0 Å². The summed E-state index contributed by atoms with van der Waals surface area (Å²) in [7, 11) is 0. The molecule has 0 bridgehead atoms. The Morgan fingerprint density at radius 1 is 1.03 bits per heavy atom. The second-order valence-corrected chi connectivity index (χ2v) is 10.9. The van der Waals surface area contributed by atoms with E-state index in [9.17, 15) is 9.59 Å². The molecular formula is C30H36N4O2. The van der Waals surface area contributed by atoms with Crippen molar-refractivity contribution >= 4 is 22.7 Å². The summed E-state index contributed by atoms with van der Waals surface area (Å²) in [4.78, 5) is 32.4. The second kappa shape index (κ2) is 9.74. The van der Waals surface area contributed by atoms with Crippen molar-refractivity contribution in [3.05, 3.63) is 71.4 Å². The number of carbonyl (C=O) groups is 2. The fourth-order valence-corrected chi connectivity index (χ4v) is 6.73. The molecule has 6 nitrogen and oxygen atoms in total. The first-order chi connectivity index (χ1) is 17.6. The molecule has 2 fully saturated rings. The van der Waals surface area contributed by atoms with Gasteiger partial charge >= 0.3 is 0 Å². The van der Waals surface area contributed by atoms with Crippen LogP contribution in [0.25, 0.3) is 10.9 Å². The first-order valence-corrected chi connectivity index (χ1v) is 13.6. The molecule has 1 aromatic heterocycles. The third kappa shape index (κ3) is 4.32. The molecule has 0 saturated carbocycles. The predicted molar refractivity (Wildman–Crippen MR) is 142 cm³/mol. The summed E-state index contributed by atoms with van der Waals surface area (Å²) < 4.78 is 0. The van der Waals surface area contributed by atoms with Gasteiger partial charge in [-0.25, -0.2) is 0 Å². The van der Waals surface area contributed by atoms with E-state index < -0.39 is 6.04 Å². The molecule has 6 heteroatoms. The Morgan fingerprint density at radius 2 is 1.83 bits per heavy atom. The summed E-state index contributed by atoms with van der Waals surface area (Å²) in [5.74, 6) is -0.00309. The minimum Gasteiger partial charge on any atom is -0.361 e. The van der Waals surface area contributed by atoms with E-state index in [0.29, 0.717) is 6.42 Å². The van der Waals surface area contributed by atoms with Gasteiger partial charge in [-0.2, -0.15) is 0 Å². The second-order valence-electron chi connectivity index (χ2n) is 10.9. The fourth-order valence-electron chi connectivity index (χ4n) is 6.73. The van der Waals surface area contributed by atoms with Crippen LogP contribution in [0, 0.1) is 0 Å². The molecule has 3 N–H and O–H groups in total. The van der Waals surface area contributed by atoms with Crippen LogP contribution in [0.5, 0.6) is 0 Å². The van der Waals surface area contributed by atoms with Crippen molar-refractivity contribution in [3.63, 3.8) is 0 Å². The van der Waals surface area contributed by atoms with Gasteiger partial charge in [0.1, 0.15) is 6.04 Å². The zero-order chi connectivity index (χ0) is 24.5. The number of aromatic amines is 1. The number of aryl methyl sites for hydroxylation is 1. The normalized spacial score (nSPS) is 21.9. The molecule has 2 aromatic carbocycles. The van der Waals surface area contributed by atoms with Crippen LogP contribution in [0.3, 0.4) is 0 Å². The number of fused-ring (bicyclic) bond motifs is 3. The van der Waals surface area contributed by atoms with Crippen LogP contribution in [0.1, 0.15) is 55.2 Å². The van der Waals surface area contributed by atoms with E-state index in [4.69, 9.17) is 0 Å². The largest absolute Gasteiger partial charge is 0.361 e. The van der Waals surface area contributed by atoms with E-state index in [1.54, 1.807) is 0 Å². The Hall–Kier alpha value is -3.12. The molecule has 3 aliphatic rings. The Kier molecular flexibility index (Phi) is 6.30. The van der Waals surface area contributed by atoms with E-state index >= 15 is 0 Å². The lowest BCUT2D eigenvalue weighted by Gasteiger charge is -2.41. The van der Waals surface area contributed by atoms with Gasteiger partial charge in [0, 0.05) is 36.6 Å². The number of H-pyrrole nitrogens is 1. The Bertz CT molecular complexity index is 1250. The molecule has 0 radical (unpaired) electrons. The lowest BCUT2D eigenvalue weighted by Crippen LogP contribution is -2.56. The highest BCUT2D eigenvalue weighted by Gasteiger charge is 2.42. The van der Waals surface area contributed by atoms with Gasteiger partial charge in [-0.15, -0.1) is 0 Å². The minimum absolute atomic E-state index is 0.0468. The third-order valence-corrected chi connectivity index (χ3v) is 8.83. The summed E-state index contributed by atoms with van der Waals surface area (Å²) in [6.07, 6.45) is 9.74. The summed E-state index contributed by atoms with van der Waals surface area (Å²) in [5, 5.41) is 7.60. The number of nitrogens with zero attached hydrogens (tertiary/aromatic N) is 1. The SMILES string of the molecule is O=C(N[C@H](Cc1c[nH]c2ccccc12)C(=O)N1CCC2(CCc3ccccc32)CC1)C1CCCCN1. The van der Waals surface area contributed by atoms with Crippen molar-refractivity contribution in [2.24, 2.45) is 0 Å². The van der Waals surface area contributed by atoms with Crippen LogP contribution in [0.4, 0.5) is 0 Å². The summed E-state index contributed by atoms with van der Waals surface area (Å²) in [5.41, 5.74) is 5.29. The molecule has 6 rings (SSSR count). The molecule has 36 heavy (non-hydrogen) atoms. The number of piperidine rings is 2. The molecule has 1 unspecified atom stereocenters. The van der Waals surface area contributed by atoms with E-state index in [1.165, 1.54) is 17.5 Å². The van der Waals surface area contributed by atoms with Crippen LogP contribution in [-0.2, 0) is 27.8 Å². The summed E-state index contributed by atoms with van der Waals surface area (Å²) in [6.45, 7) is 2.35. The van der Waals surface area contributed by atoms with Crippen molar-refractivity contribution in [2.75, 3.05) is 19.6 Å². The van der Waals surface area contributed by atoms with Crippen LogP contribution in [0.2, 0.25) is 0 Å². The molecule has 3 heterocycles. The Morgan fingerprint density at radius 3 is 2.67 bits per heavy atom. The first kappa shape index (κ1) is 23.3. The zero-order valence-electron chi connectivity index (χ0n) is 20.9. The van der Waals surface area contributed by atoms with Crippen LogP contribution in [0.15, 0.2) is 54.7 Å². The molecule has 188 valence electrons. The van der Waals surface area contributed by atoms with E-state index in [0.717, 1.165) is 74.6 Å². The quantitative estimate of drug-likeness (QED) is 0.515. The standard InChI is InChI=1S/C30H36N4O2/c35-28(26-11-5-6-16-31-26)33-27(19-22-20-32-25-10-4-2-8-23(22)25)29(36)34-17-14-30(15-18-34)13-12-21-7-1-3-9-24(21)30/h1-4,7-10,20,26-27,31-32H,5-6,11-19H2,(H,33,35)/t26?,27-/m1/s1. The highest BCUT2D eigenvalue weighted by Crippen LogP contribution is 2.46. The number of benzene rings is 2. The zero-order valence-corrected chi connectivity index (χ0v) is 20.9. The first-order valence-electron chi connectivity index (χ1n) is 13.6. The number of aromatic nitrogens is 1. The van der Waals surface area contributed by atoms with Gasteiger partial charge in [-0.05, 0) is 73.2 Å². The summed E-state index contributed by atoms with van der Waals surface area (Å²) >= 11 is 0. The van der Waals surface area contributed by atoms with Crippen molar-refractivity contribution in [1.82, 2.24) is 20.5 Å². The number of para-hydroxylation sites is 1. The average Bonchev–Trinajstić information content (AvgIpc) is 3.51. The minimum atomic E-state index is -0.564. The Labute approximate surface area is 212 Å². The van der Waals surface area contributed by atoms with E-state index in [2.05, 4.69) is 45.9 Å². The third-order valence-electron chi connectivity index (χ3n) is 8.83.